The summed E-state index contributed by atoms with van der Waals surface area (Å²) in [5, 5.41) is 8.79. The van der Waals surface area contributed by atoms with Gasteiger partial charge in [-0.05, 0) is 35.5 Å². The van der Waals surface area contributed by atoms with E-state index in [2.05, 4.69) is 25.1 Å². The molecule has 6 nitrogen and oxygen atoms in total. The minimum absolute atomic E-state index is 0.153. The largest absolute Gasteiger partial charge is 0.431 e. The van der Waals surface area contributed by atoms with Crippen molar-refractivity contribution in [3.63, 3.8) is 0 Å². The highest BCUT2D eigenvalue weighted by atomic mass is 35.5. The van der Waals surface area contributed by atoms with E-state index in [1.54, 1.807) is 6.20 Å². The molecule has 1 aromatic carbocycles. The molecule has 0 atom stereocenters. The van der Waals surface area contributed by atoms with Gasteiger partial charge < -0.3 is 4.42 Å². The van der Waals surface area contributed by atoms with Gasteiger partial charge in [-0.25, -0.2) is 9.97 Å². The van der Waals surface area contributed by atoms with Crippen LogP contribution in [0.5, 0.6) is 0 Å². The van der Waals surface area contributed by atoms with Gasteiger partial charge in [-0.1, -0.05) is 12.1 Å². The van der Waals surface area contributed by atoms with Crippen molar-refractivity contribution >= 4 is 45.5 Å². The van der Waals surface area contributed by atoms with E-state index in [9.17, 15) is 0 Å². The van der Waals surface area contributed by atoms with Crippen LogP contribution in [-0.4, -0.2) is 25.1 Å². The fraction of sp³-hybridized carbons (Fsp3) is 0. The number of aromatic nitrogens is 5. The van der Waals surface area contributed by atoms with Crippen molar-refractivity contribution in [3.05, 3.63) is 35.7 Å². The lowest BCUT2D eigenvalue weighted by atomic mass is 10.3. The first-order chi connectivity index (χ1) is 9.79. The van der Waals surface area contributed by atoms with Gasteiger partial charge in [0, 0.05) is 0 Å². The van der Waals surface area contributed by atoms with Crippen LogP contribution in [-0.2, 0) is 0 Å². The standard InChI is InChI=1S/C12H6ClN5OS/c13-11-16-9-6(5-14-18-9)10(17-11)20-12-15-7-3-1-2-4-8(7)19-12/h1-5H,(H,14,16,17,18). The van der Waals surface area contributed by atoms with E-state index < -0.39 is 0 Å². The van der Waals surface area contributed by atoms with Crippen molar-refractivity contribution < 1.29 is 4.42 Å². The van der Waals surface area contributed by atoms with Gasteiger partial charge in [0.15, 0.2) is 11.2 Å². The van der Waals surface area contributed by atoms with Gasteiger partial charge in [-0.3, -0.25) is 5.10 Å². The Hall–Kier alpha value is -2.12. The Balaban J connectivity index is 1.81. The Morgan fingerprint density at radius 3 is 2.95 bits per heavy atom. The molecule has 20 heavy (non-hydrogen) atoms. The molecule has 4 aromatic rings. The molecule has 0 fully saturated rings. The summed E-state index contributed by atoms with van der Waals surface area (Å²) in [4.78, 5) is 12.6. The predicted molar refractivity (Wildman–Crippen MR) is 74.8 cm³/mol. The first-order valence-electron chi connectivity index (χ1n) is 5.69. The summed E-state index contributed by atoms with van der Waals surface area (Å²) < 4.78 is 5.66. The molecule has 0 aliphatic rings. The lowest BCUT2D eigenvalue weighted by Gasteiger charge is -1.98. The number of hydrogen-bond donors (Lipinski definition) is 1. The van der Waals surface area contributed by atoms with E-state index >= 15 is 0 Å². The molecule has 0 amide bonds. The molecule has 0 aliphatic heterocycles. The highest BCUT2D eigenvalue weighted by Gasteiger charge is 2.13. The molecule has 0 spiro atoms. The van der Waals surface area contributed by atoms with E-state index in [1.807, 2.05) is 24.3 Å². The second kappa shape index (κ2) is 4.46. The minimum atomic E-state index is 0.153. The maximum Gasteiger partial charge on any atom is 0.263 e. The van der Waals surface area contributed by atoms with Gasteiger partial charge >= 0.3 is 0 Å². The second-order valence-electron chi connectivity index (χ2n) is 3.98. The normalized spacial score (nSPS) is 11.4. The number of fused-ring (bicyclic) bond motifs is 2. The molecule has 8 heteroatoms. The van der Waals surface area contributed by atoms with Gasteiger partial charge in [-0.15, -0.1) is 0 Å². The maximum absolute atomic E-state index is 5.89. The molecule has 0 bridgehead atoms. The zero-order valence-electron chi connectivity index (χ0n) is 9.87. The molecule has 0 aliphatic carbocycles. The average Bonchev–Trinajstić information content (AvgIpc) is 3.03. The van der Waals surface area contributed by atoms with Crippen molar-refractivity contribution in [2.75, 3.05) is 0 Å². The van der Waals surface area contributed by atoms with Gasteiger partial charge in [0.1, 0.15) is 10.5 Å². The molecular formula is C12H6ClN5OS. The van der Waals surface area contributed by atoms with Gasteiger partial charge in [0.2, 0.25) is 5.28 Å². The summed E-state index contributed by atoms with van der Waals surface area (Å²) >= 11 is 7.18. The highest BCUT2D eigenvalue weighted by Crippen LogP contribution is 2.32. The second-order valence-corrected chi connectivity index (χ2v) is 5.26. The molecule has 0 radical (unpaired) electrons. The molecule has 0 saturated heterocycles. The quantitative estimate of drug-likeness (QED) is 0.452. The van der Waals surface area contributed by atoms with Crippen LogP contribution in [0, 0.1) is 0 Å². The highest BCUT2D eigenvalue weighted by molar-refractivity contribution is 7.99. The Labute approximate surface area is 121 Å². The number of oxazole rings is 1. The van der Waals surface area contributed by atoms with Crippen molar-refractivity contribution in [1.29, 1.82) is 0 Å². The Kier molecular flexibility index (Phi) is 2.61. The number of H-pyrrole nitrogens is 1. The monoisotopic (exact) mass is 303 g/mol. The lowest BCUT2D eigenvalue weighted by molar-refractivity contribution is 0.489. The van der Waals surface area contributed by atoms with E-state index in [1.165, 1.54) is 11.8 Å². The molecule has 3 aromatic heterocycles. The molecule has 0 unspecified atom stereocenters. The Bertz CT molecular complexity index is 885. The number of hydrogen-bond acceptors (Lipinski definition) is 6. The Morgan fingerprint density at radius 2 is 2.05 bits per heavy atom. The number of nitrogens with zero attached hydrogens (tertiary/aromatic N) is 4. The van der Waals surface area contributed by atoms with Crippen molar-refractivity contribution in [2.24, 2.45) is 0 Å². The molecule has 3 heterocycles. The third kappa shape index (κ3) is 1.91. The first-order valence-corrected chi connectivity index (χ1v) is 6.89. The summed E-state index contributed by atoms with van der Waals surface area (Å²) in [6.07, 6.45) is 1.65. The summed E-state index contributed by atoms with van der Waals surface area (Å²) in [6.45, 7) is 0. The topological polar surface area (TPSA) is 80.5 Å². The van der Waals surface area contributed by atoms with Crippen LogP contribution in [0.2, 0.25) is 5.28 Å². The van der Waals surface area contributed by atoms with E-state index in [-0.39, 0.29) is 5.28 Å². The summed E-state index contributed by atoms with van der Waals surface area (Å²) in [6, 6.07) is 7.57. The number of rotatable bonds is 2. The third-order valence-corrected chi connectivity index (χ3v) is 3.73. The van der Waals surface area contributed by atoms with Crippen LogP contribution in [0.25, 0.3) is 22.1 Å². The molecule has 4 rings (SSSR count). The van der Waals surface area contributed by atoms with Crippen molar-refractivity contribution in [3.8, 4) is 0 Å². The van der Waals surface area contributed by atoms with Gasteiger partial charge in [0.25, 0.3) is 5.22 Å². The Morgan fingerprint density at radius 1 is 1.15 bits per heavy atom. The fourth-order valence-electron chi connectivity index (χ4n) is 1.84. The zero-order valence-corrected chi connectivity index (χ0v) is 11.4. The molecular weight excluding hydrogens is 298 g/mol. The van der Waals surface area contributed by atoms with E-state index in [0.29, 0.717) is 15.9 Å². The third-order valence-electron chi connectivity index (χ3n) is 2.71. The molecule has 0 saturated carbocycles. The minimum Gasteiger partial charge on any atom is -0.431 e. The fourth-order valence-corrected chi connectivity index (χ4v) is 2.89. The van der Waals surface area contributed by atoms with E-state index in [4.69, 9.17) is 16.0 Å². The first kappa shape index (κ1) is 11.7. The summed E-state index contributed by atoms with van der Waals surface area (Å²) in [5.41, 5.74) is 2.13. The van der Waals surface area contributed by atoms with Crippen molar-refractivity contribution in [1.82, 2.24) is 25.1 Å². The molecule has 1 N–H and O–H groups in total. The van der Waals surface area contributed by atoms with Gasteiger partial charge in [-0.2, -0.15) is 10.1 Å². The number of aromatic amines is 1. The van der Waals surface area contributed by atoms with Crippen LogP contribution < -0.4 is 0 Å². The predicted octanol–water partition coefficient (Wildman–Crippen LogP) is 3.30. The maximum atomic E-state index is 5.89. The smallest absolute Gasteiger partial charge is 0.263 e. The summed E-state index contributed by atoms with van der Waals surface area (Å²) in [7, 11) is 0. The lowest BCUT2D eigenvalue weighted by Crippen LogP contribution is -1.87. The van der Waals surface area contributed by atoms with Gasteiger partial charge in [0.05, 0.1) is 11.6 Å². The number of halogens is 1. The average molecular weight is 304 g/mol. The number of para-hydroxylation sites is 2. The number of nitrogens with one attached hydrogen (secondary N) is 1. The van der Waals surface area contributed by atoms with Crippen molar-refractivity contribution in [2.45, 2.75) is 10.2 Å². The zero-order chi connectivity index (χ0) is 13.5. The number of benzene rings is 1. The molecule has 98 valence electrons. The SMILES string of the molecule is Clc1nc(Sc2nc3ccccc3o2)c2cn[nH]c2n1. The van der Waals surface area contributed by atoms with Crippen LogP contribution >= 0.6 is 23.4 Å². The van der Waals surface area contributed by atoms with Crippen LogP contribution in [0.4, 0.5) is 0 Å². The van der Waals surface area contributed by atoms with Crippen LogP contribution in [0.1, 0.15) is 0 Å². The van der Waals surface area contributed by atoms with E-state index in [0.717, 1.165) is 16.5 Å². The van der Waals surface area contributed by atoms with Crippen LogP contribution in [0.3, 0.4) is 0 Å². The van der Waals surface area contributed by atoms with Crippen LogP contribution in [0.15, 0.2) is 45.1 Å². The summed E-state index contributed by atoms with van der Waals surface area (Å²) in [5.74, 6) is 0.